The minimum Gasteiger partial charge on any atom is -0.493 e. The van der Waals surface area contributed by atoms with Crippen LogP contribution in [0.15, 0.2) is 46.0 Å². The van der Waals surface area contributed by atoms with Gasteiger partial charge in [0.1, 0.15) is 5.76 Å². The van der Waals surface area contributed by atoms with Gasteiger partial charge in [-0.3, -0.25) is 9.89 Å². The van der Waals surface area contributed by atoms with Gasteiger partial charge in [0.25, 0.3) is 0 Å². The maximum Gasteiger partial charge on any atom is 0.191 e. The Labute approximate surface area is 202 Å². The molecule has 0 amide bonds. The van der Waals surface area contributed by atoms with Crippen molar-refractivity contribution in [2.75, 3.05) is 40.4 Å². The Hall–Kier alpha value is -1.94. The van der Waals surface area contributed by atoms with Crippen LogP contribution in [0.25, 0.3) is 0 Å². The van der Waals surface area contributed by atoms with E-state index in [1.54, 1.807) is 20.4 Å². The van der Waals surface area contributed by atoms with Gasteiger partial charge in [-0.25, -0.2) is 0 Å². The predicted octanol–water partition coefficient (Wildman–Crippen LogP) is 4.20. The Bertz CT molecular complexity index is 792. The Morgan fingerprint density at radius 2 is 1.97 bits per heavy atom. The number of likely N-dealkylation sites (tertiary alicyclic amines) is 1. The Morgan fingerprint density at radius 1 is 1.16 bits per heavy atom. The SMILES string of the molecule is CCOc1ccc(CNC(=NC)NCC(c2ccco2)N2CCCCC2)cc1OC.I. The summed E-state index contributed by atoms with van der Waals surface area (Å²) in [5, 5.41) is 6.85. The number of nitrogens with zero attached hydrogens (tertiary/aromatic N) is 2. The molecule has 0 radical (unpaired) electrons. The molecule has 31 heavy (non-hydrogen) atoms. The first-order chi connectivity index (χ1) is 14.7. The highest BCUT2D eigenvalue weighted by atomic mass is 127. The van der Waals surface area contributed by atoms with Crippen molar-refractivity contribution in [3.8, 4) is 11.5 Å². The minimum absolute atomic E-state index is 0. The second-order valence-electron chi connectivity index (χ2n) is 7.35. The van der Waals surface area contributed by atoms with E-state index in [2.05, 4.69) is 26.6 Å². The fraction of sp³-hybridized carbons (Fsp3) is 0.522. The van der Waals surface area contributed by atoms with E-state index in [0.29, 0.717) is 13.2 Å². The molecule has 0 aliphatic carbocycles. The average molecular weight is 542 g/mol. The number of ether oxygens (including phenoxy) is 2. The number of guanidine groups is 1. The fourth-order valence-corrected chi connectivity index (χ4v) is 3.82. The topological polar surface area (TPSA) is 71.3 Å². The summed E-state index contributed by atoms with van der Waals surface area (Å²) in [6, 6.07) is 10.2. The molecule has 2 aromatic rings. The zero-order valence-electron chi connectivity index (χ0n) is 18.7. The highest BCUT2D eigenvalue weighted by molar-refractivity contribution is 14.0. The van der Waals surface area contributed by atoms with Gasteiger partial charge in [-0.2, -0.15) is 0 Å². The van der Waals surface area contributed by atoms with Crippen LogP contribution in [0.2, 0.25) is 0 Å². The van der Waals surface area contributed by atoms with Gasteiger partial charge >= 0.3 is 0 Å². The van der Waals surface area contributed by atoms with Crippen LogP contribution in [-0.2, 0) is 6.54 Å². The van der Waals surface area contributed by atoms with Gasteiger partial charge in [-0.05, 0) is 62.7 Å². The van der Waals surface area contributed by atoms with Crippen molar-refractivity contribution in [2.45, 2.75) is 38.8 Å². The third kappa shape index (κ3) is 7.31. The highest BCUT2D eigenvalue weighted by Gasteiger charge is 2.24. The summed E-state index contributed by atoms with van der Waals surface area (Å²) in [6.45, 7) is 6.15. The number of furan rings is 1. The van der Waals surface area contributed by atoms with E-state index in [1.165, 1.54) is 19.3 Å². The van der Waals surface area contributed by atoms with Crippen molar-refractivity contribution >= 4 is 29.9 Å². The molecule has 1 aliphatic rings. The number of methoxy groups -OCH3 is 1. The molecule has 1 aromatic carbocycles. The zero-order chi connectivity index (χ0) is 21.2. The summed E-state index contributed by atoms with van der Waals surface area (Å²) in [6.07, 6.45) is 5.54. The number of nitrogens with one attached hydrogen (secondary N) is 2. The third-order valence-corrected chi connectivity index (χ3v) is 5.38. The normalized spacial score (nSPS) is 15.6. The summed E-state index contributed by atoms with van der Waals surface area (Å²) in [5.41, 5.74) is 1.09. The van der Waals surface area contributed by atoms with Crippen LogP contribution in [0.5, 0.6) is 11.5 Å². The summed E-state index contributed by atoms with van der Waals surface area (Å²) in [5.74, 6) is 3.25. The van der Waals surface area contributed by atoms with Crippen molar-refractivity contribution in [1.29, 1.82) is 0 Å². The number of benzene rings is 1. The van der Waals surface area contributed by atoms with Crippen molar-refractivity contribution in [3.63, 3.8) is 0 Å². The van der Waals surface area contributed by atoms with E-state index >= 15 is 0 Å². The van der Waals surface area contributed by atoms with E-state index in [-0.39, 0.29) is 30.0 Å². The lowest BCUT2D eigenvalue weighted by molar-refractivity contribution is 0.146. The zero-order valence-corrected chi connectivity index (χ0v) is 21.1. The van der Waals surface area contributed by atoms with Gasteiger partial charge in [-0.1, -0.05) is 12.5 Å². The summed E-state index contributed by atoms with van der Waals surface area (Å²) < 4.78 is 16.8. The van der Waals surface area contributed by atoms with Gasteiger partial charge in [0.15, 0.2) is 17.5 Å². The van der Waals surface area contributed by atoms with Gasteiger partial charge in [0.2, 0.25) is 0 Å². The number of piperidine rings is 1. The molecule has 0 bridgehead atoms. The van der Waals surface area contributed by atoms with E-state index in [0.717, 1.165) is 48.4 Å². The Kier molecular flexibility index (Phi) is 11.0. The van der Waals surface area contributed by atoms with Crippen LogP contribution in [0.1, 0.15) is 43.6 Å². The molecule has 172 valence electrons. The summed E-state index contributed by atoms with van der Waals surface area (Å²) >= 11 is 0. The summed E-state index contributed by atoms with van der Waals surface area (Å²) in [4.78, 5) is 6.88. The third-order valence-electron chi connectivity index (χ3n) is 5.38. The Balaban J connectivity index is 0.00000341. The maximum atomic E-state index is 5.73. The lowest BCUT2D eigenvalue weighted by Crippen LogP contribution is -2.44. The average Bonchev–Trinajstić information content (AvgIpc) is 3.32. The molecule has 1 fully saturated rings. The number of aliphatic imine (C=N–C) groups is 1. The minimum atomic E-state index is 0. The molecule has 1 aromatic heterocycles. The van der Waals surface area contributed by atoms with Gasteiger partial charge < -0.3 is 24.5 Å². The van der Waals surface area contributed by atoms with Crippen LogP contribution >= 0.6 is 24.0 Å². The second-order valence-corrected chi connectivity index (χ2v) is 7.35. The first-order valence-electron chi connectivity index (χ1n) is 10.8. The van der Waals surface area contributed by atoms with Crippen LogP contribution in [0.3, 0.4) is 0 Å². The van der Waals surface area contributed by atoms with Crippen molar-refractivity contribution < 1.29 is 13.9 Å². The first kappa shape index (κ1) is 25.3. The molecule has 1 atom stereocenters. The van der Waals surface area contributed by atoms with Crippen molar-refractivity contribution in [3.05, 3.63) is 47.9 Å². The van der Waals surface area contributed by atoms with Crippen LogP contribution < -0.4 is 20.1 Å². The molecular weight excluding hydrogens is 507 g/mol. The number of hydrogen-bond donors (Lipinski definition) is 2. The lowest BCUT2D eigenvalue weighted by atomic mass is 10.1. The van der Waals surface area contributed by atoms with Crippen molar-refractivity contribution in [1.82, 2.24) is 15.5 Å². The van der Waals surface area contributed by atoms with Crippen LogP contribution in [0, 0.1) is 0 Å². The van der Waals surface area contributed by atoms with E-state index < -0.39 is 0 Å². The molecule has 2 N–H and O–H groups in total. The molecule has 2 heterocycles. The highest BCUT2D eigenvalue weighted by Crippen LogP contribution is 2.28. The molecule has 7 nitrogen and oxygen atoms in total. The largest absolute Gasteiger partial charge is 0.493 e. The quantitative estimate of drug-likeness (QED) is 0.281. The fourth-order valence-electron chi connectivity index (χ4n) is 3.82. The van der Waals surface area contributed by atoms with E-state index in [9.17, 15) is 0 Å². The molecule has 1 saturated heterocycles. The van der Waals surface area contributed by atoms with Crippen LogP contribution in [0.4, 0.5) is 0 Å². The number of hydrogen-bond acceptors (Lipinski definition) is 5. The van der Waals surface area contributed by atoms with Gasteiger partial charge in [-0.15, -0.1) is 24.0 Å². The number of halogens is 1. The predicted molar refractivity (Wildman–Crippen MR) is 135 cm³/mol. The van der Waals surface area contributed by atoms with Crippen molar-refractivity contribution in [2.24, 2.45) is 4.99 Å². The van der Waals surface area contributed by atoms with Crippen LogP contribution in [-0.4, -0.2) is 51.3 Å². The molecule has 0 spiro atoms. The first-order valence-corrected chi connectivity index (χ1v) is 10.8. The molecule has 1 aliphatic heterocycles. The maximum absolute atomic E-state index is 5.73. The van der Waals surface area contributed by atoms with Gasteiger partial charge in [0, 0.05) is 20.1 Å². The standard InChI is InChI=1S/C23H34N4O3.HI/c1-4-29-21-11-10-18(15-22(21)28-3)16-25-23(24-2)26-17-19(20-9-8-14-30-20)27-12-6-5-7-13-27;/h8-11,14-15,19H,4-7,12-13,16-17H2,1-3H3,(H2,24,25,26);1H. The number of rotatable bonds is 9. The molecule has 8 heteroatoms. The summed E-state index contributed by atoms with van der Waals surface area (Å²) in [7, 11) is 3.45. The molecule has 1 unspecified atom stereocenters. The van der Waals surface area contributed by atoms with Gasteiger partial charge in [0.05, 0.1) is 26.0 Å². The smallest absolute Gasteiger partial charge is 0.191 e. The second kappa shape index (κ2) is 13.5. The molecular formula is C23H35IN4O3. The lowest BCUT2D eigenvalue weighted by Gasteiger charge is -2.33. The molecule has 0 saturated carbocycles. The Morgan fingerprint density at radius 3 is 2.61 bits per heavy atom. The molecule has 3 rings (SSSR count). The van der Waals surface area contributed by atoms with E-state index in [1.807, 2.05) is 31.2 Å². The monoisotopic (exact) mass is 542 g/mol. The van der Waals surface area contributed by atoms with E-state index in [4.69, 9.17) is 13.9 Å².